The fourth-order valence-electron chi connectivity index (χ4n) is 1.83. The van der Waals surface area contributed by atoms with Crippen LogP contribution in [0.5, 0.6) is 0 Å². The number of benzene rings is 2. The van der Waals surface area contributed by atoms with E-state index in [0.29, 0.717) is 5.69 Å². The second-order valence-electron chi connectivity index (χ2n) is 4.82. The van der Waals surface area contributed by atoms with Gasteiger partial charge >= 0.3 is 5.97 Å². The Balaban J connectivity index is 2.02. The Labute approximate surface area is 142 Å². The quantitative estimate of drug-likeness (QED) is 0.859. The maximum Gasteiger partial charge on any atom is 0.341 e. The van der Waals surface area contributed by atoms with Gasteiger partial charge in [-0.3, -0.25) is 4.79 Å². The minimum atomic E-state index is -1.15. The Bertz CT molecular complexity index is 833. The maximum absolute atomic E-state index is 13.5. The fraction of sp³-hybridized carbons (Fsp3) is 0.118. The number of halogens is 2. The second kappa shape index (κ2) is 7.57. The predicted molar refractivity (Wildman–Crippen MR) is 86.1 cm³/mol. The molecular formula is C17H12ClFN2O3. The molecule has 7 heteroatoms. The van der Waals surface area contributed by atoms with Gasteiger partial charge in [-0.15, -0.1) is 0 Å². The summed E-state index contributed by atoms with van der Waals surface area (Å²) in [6.45, 7) is 1.36. The summed E-state index contributed by atoms with van der Waals surface area (Å²) in [5.74, 6) is -2.27. The minimum absolute atomic E-state index is 0.186. The number of esters is 1. The molecular weight excluding hydrogens is 335 g/mol. The lowest BCUT2D eigenvalue weighted by Gasteiger charge is -2.14. The van der Waals surface area contributed by atoms with Gasteiger partial charge in [-0.25, -0.2) is 9.18 Å². The maximum atomic E-state index is 13.5. The number of carbonyl (C=O) groups excluding carboxylic acids is 2. The van der Waals surface area contributed by atoms with E-state index in [1.165, 1.54) is 43.3 Å². The normalized spacial score (nSPS) is 11.2. The van der Waals surface area contributed by atoms with Gasteiger partial charge in [-0.05, 0) is 37.3 Å². The number of ether oxygens (including phenoxy) is 1. The van der Waals surface area contributed by atoms with E-state index in [2.05, 4.69) is 5.32 Å². The molecule has 1 N–H and O–H groups in total. The Morgan fingerprint density at radius 2 is 2.00 bits per heavy atom. The lowest BCUT2D eigenvalue weighted by atomic mass is 10.2. The van der Waals surface area contributed by atoms with Crippen LogP contribution in [0.25, 0.3) is 0 Å². The monoisotopic (exact) mass is 346 g/mol. The molecule has 0 saturated heterocycles. The highest BCUT2D eigenvalue weighted by Crippen LogP contribution is 2.20. The van der Waals surface area contributed by atoms with Crippen LogP contribution in [0.15, 0.2) is 42.5 Å². The van der Waals surface area contributed by atoms with Crippen LogP contribution in [-0.4, -0.2) is 18.0 Å². The first kappa shape index (κ1) is 17.4. The molecule has 0 aliphatic heterocycles. The van der Waals surface area contributed by atoms with Gasteiger partial charge in [0.25, 0.3) is 5.91 Å². The highest BCUT2D eigenvalue weighted by molar-refractivity contribution is 6.32. The molecule has 0 unspecified atom stereocenters. The van der Waals surface area contributed by atoms with Gasteiger partial charge in [0.05, 0.1) is 16.1 Å². The van der Waals surface area contributed by atoms with Crippen LogP contribution in [0.1, 0.15) is 22.8 Å². The van der Waals surface area contributed by atoms with E-state index in [-0.39, 0.29) is 16.1 Å². The standard InChI is InChI=1S/C17H12ClFN2O3/c1-10(24-17(23)13-4-2-3-5-15(13)19)16(22)21-12-7-6-11(9-20)14(18)8-12/h2-8,10H,1H3,(H,21,22)/t10-/m0/s1. The van der Waals surface area contributed by atoms with Crippen molar-refractivity contribution in [1.82, 2.24) is 0 Å². The summed E-state index contributed by atoms with van der Waals surface area (Å²) >= 11 is 5.87. The number of rotatable bonds is 4. The summed E-state index contributed by atoms with van der Waals surface area (Å²) < 4.78 is 18.5. The summed E-state index contributed by atoms with van der Waals surface area (Å²) in [5, 5.41) is 11.5. The third-order valence-corrected chi connectivity index (χ3v) is 3.42. The van der Waals surface area contributed by atoms with Crippen molar-refractivity contribution >= 4 is 29.2 Å². The van der Waals surface area contributed by atoms with E-state index < -0.39 is 23.8 Å². The molecule has 2 aromatic rings. The van der Waals surface area contributed by atoms with Crippen molar-refractivity contribution in [1.29, 1.82) is 5.26 Å². The molecule has 0 saturated carbocycles. The van der Waals surface area contributed by atoms with E-state index in [0.717, 1.165) is 6.07 Å². The lowest BCUT2D eigenvalue weighted by Crippen LogP contribution is -2.30. The molecule has 122 valence electrons. The van der Waals surface area contributed by atoms with Crippen LogP contribution < -0.4 is 5.32 Å². The SMILES string of the molecule is C[C@H](OC(=O)c1ccccc1F)C(=O)Nc1ccc(C#N)c(Cl)c1. The fourth-order valence-corrected chi connectivity index (χ4v) is 2.05. The van der Waals surface area contributed by atoms with Crippen molar-refractivity contribution in [3.8, 4) is 6.07 Å². The number of nitrogens with one attached hydrogen (secondary N) is 1. The highest BCUT2D eigenvalue weighted by Gasteiger charge is 2.21. The van der Waals surface area contributed by atoms with Crippen molar-refractivity contribution in [2.45, 2.75) is 13.0 Å². The predicted octanol–water partition coefficient (Wildman–Crippen LogP) is 3.53. The van der Waals surface area contributed by atoms with Crippen LogP contribution in [-0.2, 0) is 9.53 Å². The lowest BCUT2D eigenvalue weighted by molar-refractivity contribution is -0.123. The molecule has 2 aromatic carbocycles. The highest BCUT2D eigenvalue weighted by atomic mass is 35.5. The molecule has 1 atom stereocenters. The smallest absolute Gasteiger partial charge is 0.341 e. The van der Waals surface area contributed by atoms with Crippen LogP contribution >= 0.6 is 11.6 Å². The number of hydrogen-bond donors (Lipinski definition) is 1. The Morgan fingerprint density at radius 1 is 1.29 bits per heavy atom. The van der Waals surface area contributed by atoms with Crippen LogP contribution in [0, 0.1) is 17.1 Å². The zero-order valence-corrected chi connectivity index (χ0v) is 13.3. The minimum Gasteiger partial charge on any atom is -0.449 e. The molecule has 0 bridgehead atoms. The Morgan fingerprint density at radius 3 is 2.62 bits per heavy atom. The zero-order chi connectivity index (χ0) is 17.7. The van der Waals surface area contributed by atoms with Crippen molar-refractivity contribution < 1.29 is 18.7 Å². The van der Waals surface area contributed by atoms with E-state index in [4.69, 9.17) is 21.6 Å². The Kier molecular flexibility index (Phi) is 5.51. The third-order valence-electron chi connectivity index (χ3n) is 3.10. The molecule has 0 aromatic heterocycles. The van der Waals surface area contributed by atoms with Crippen LogP contribution in [0.3, 0.4) is 0 Å². The van der Waals surface area contributed by atoms with Gasteiger partial charge in [0.2, 0.25) is 0 Å². The van der Waals surface area contributed by atoms with Gasteiger partial charge < -0.3 is 10.1 Å². The molecule has 1 amide bonds. The van der Waals surface area contributed by atoms with Gasteiger partial charge in [0.1, 0.15) is 11.9 Å². The van der Waals surface area contributed by atoms with Crippen molar-refractivity contribution in [2.75, 3.05) is 5.32 Å². The molecule has 0 heterocycles. The first-order chi connectivity index (χ1) is 11.4. The molecule has 0 spiro atoms. The van der Waals surface area contributed by atoms with Crippen molar-refractivity contribution in [3.63, 3.8) is 0 Å². The first-order valence-corrected chi connectivity index (χ1v) is 7.26. The second-order valence-corrected chi connectivity index (χ2v) is 5.23. The van der Waals surface area contributed by atoms with Gasteiger partial charge in [0, 0.05) is 5.69 Å². The number of hydrogen-bond acceptors (Lipinski definition) is 4. The average molecular weight is 347 g/mol. The topological polar surface area (TPSA) is 79.2 Å². The van der Waals surface area contributed by atoms with E-state index in [1.54, 1.807) is 0 Å². The summed E-state index contributed by atoms with van der Waals surface area (Å²) in [5.41, 5.74) is 0.366. The van der Waals surface area contributed by atoms with Gasteiger partial charge in [-0.2, -0.15) is 5.26 Å². The summed E-state index contributed by atoms with van der Waals surface area (Å²) in [7, 11) is 0. The van der Waals surface area contributed by atoms with Crippen molar-refractivity contribution in [2.24, 2.45) is 0 Å². The number of nitrogens with zero attached hydrogens (tertiary/aromatic N) is 1. The number of carbonyl (C=O) groups is 2. The molecule has 2 rings (SSSR count). The summed E-state index contributed by atoms with van der Waals surface area (Å²) in [4.78, 5) is 23.9. The summed E-state index contributed by atoms with van der Waals surface area (Å²) in [6.07, 6.45) is -1.15. The third kappa shape index (κ3) is 4.09. The zero-order valence-electron chi connectivity index (χ0n) is 12.5. The summed E-state index contributed by atoms with van der Waals surface area (Å²) in [6, 6.07) is 11.6. The number of anilines is 1. The molecule has 0 fully saturated rings. The van der Waals surface area contributed by atoms with Gasteiger partial charge in [-0.1, -0.05) is 23.7 Å². The first-order valence-electron chi connectivity index (χ1n) is 6.88. The van der Waals surface area contributed by atoms with E-state index >= 15 is 0 Å². The van der Waals surface area contributed by atoms with E-state index in [9.17, 15) is 14.0 Å². The average Bonchev–Trinajstić information content (AvgIpc) is 2.55. The molecule has 24 heavy (non-hydrogen) atoms. The van der Waals surface area contributed by atoms with E-state index in [1.807, 2.05) is 6.07 Å². The van der Waals surface area contributed by atoms with Crippen LogP contribution in [0.2, 0.25) is 5.02 Å². The number of amides is 1. The largest absolute Gasteiger partial charge is 0.449 e. The molecule has 0 radical (unpaired) electrons. The molecule has 0 aliphatic carbocycles. The Hall–Kier alpha value is -2.91. The molecule has 5 nitrogen and oxygen atoms in total. The molecule has 0 aliphatic rings. The van der Waals surface area contributed by atoms with Gasteiger partial charge in [0.15, 0.2) is 6.10 Å². The number of nitriles is 1. The van der Waals surface area contributed by atoms with Crippen molar-refractivity contribution in [3.05, 3.63) is 64.4 Å². The van der Waals surface area contributed by atoms with Crippen LogP contribution in [0.4, 0.5) is 10.1 Å².